The van der Waals surface area contributed by atoms with Crippen LogP contribution in [0.4, 0.5) is 0 Å². The summed E-state index contributed by atoms with van der Waals surface area (Å²) in [6, 6.07) is 9.29. The van der Waals surface area contributed by atoms with Gasteiger partial charge < -0.3 is 29.2 Å². The van der Waals surface area contributed by atoms with E-state index < -0.39 is 47.0 Å². The van der Waals surface area contributed by atoms with Crippen molar-refractivity contribution in [1.82, 2.24) is 0 Å². The van der Waals surface area contributed by atoms with E-state index >= 15 is 0 Å². The van der Waals surface area contributed by atoms with E-state index in [-0.39, 0.29) is 13.0 Å². The fourth-order valence-electron chi connectivity index (χ4n) is 3.60. The molecule has 6 atom stereocenters. The minimum absolute atomic E-state index is 0.0527. The third kappa shape index (κ3) is 4.37. The van der Waals surface area contributed by atoms with E-state index in [9.17, 15) is 15.0 Å². The number of rotatable bonds is 5. The van der Waals surface area contributed by atoms with Crippen molar-refractivity contribution in [1.29, 1.82) is 0 Å². The van der Waals surface area contributed by atoms with Crippen LogP contribution in [0.3, 0.4) is 0 Å². The highest BCUT2D eigenvalue weighted by molar-refractivity contribution is 8.01. The highest BCUT2D eigenvalue weighted by atomic mass is 32.2. The first kappa shape index (κ1) is 21.5. The molecule has 0 aliphatic carbocycles. The molecule has 2 aliphatic heterocycles. The number of benzene rings is 1. The molecular formula is C20H28O7S. The van der Waals surface area contributed by atoms with E-state index in [2.05, 4.69) is 0 Å². The van der Waals surface area contributed by atoms with Crippen molar-refractivity contribution >= 4 is 17.7 Å². The Bertz CT molecular complexity index is 682. The summed E-state index contributed by atoms with van der Waals surface area (Å²) in [5.74, 6) is -1.81. The summed E-state index contributed by atoms with van der Waals surface area (Å²) in [4.78, 5) is 12.0. The molecule has 156 valence electrons. The minimum atomic E-state index is -1.47. The second-order valence-corrected chi connectivity index (χ2v) is 9.07. The Morgan fingerprint density at radius 3 is 2.54 bits per heavy atom. The van der Waals surface area contributed by atoms with Crippen LogP contribution in [-0.2, 0) is 23.7 Å². The molecule has 2 aliphatic rings. The van der Waals surface area contributed by atoms with Gasteiger partial charge in [-0.1, -0.05) is 36.9 Å². The average Bonchev–Trinajstić information content (AvgIpc) is 3.04. The Morgan fingerprint density at radius 2 is 1.96 bits per heavy atom. The molecular weight excluding hydrogens is 384 g/mol. The fraction of sp³-hybridized carbons (Fsp3) is 0.650. The number of ether oxygens (including phenoxy) is 4. The van der Waals surface area contributed by atoms with Crippen molar-refractivity contribution in [2.24, 2.45) is 5.92 Å². The Balaban J connectivity index is 1.87. The average molecular weight is 413 g/mol. The highest BCUT2D eigenvalue weighted by Crippen LogP contribution is 2.46. The molecule has 2 fully saturated rings. The minimum Gasteiger partial charge on any atom is -0.466 e. The summed E-state index contributed by atoms with van der Waals surface area (Å²) < 4.78 is 22.5. The van der Waals surface area contributed by atoms with Crippen molar-refractivity contribution in [3.63, 3.8) is 0 Å². The standard InChI is InChI=1S/C20H28O7S/c1-12-14(21)10-20(18(23)24-4,28-13-8-6-5-7-9-13)27-17(12)16(22)15-11-25-19(2,3)26-15/h5-9,12,14-17,21-22H,10-11H2,1-4H3/t12-,14-,15-,16-,17?,20-/m1/s1. The first-order chi connectivity index (χ1) is 13.2. The molecule has 0 aromatic heterocycles. The van der Waals surface area contributed by atoms with Crippen LogP contribution in [0, 0.1) is 5.92 Å². The van der Waals surface area contributed by atoms with Crippen molar-refractivity contribution in [3.05, 3.63) is 30.3 Å². The number of hydrogen-bond acceptors (Lipinski definition) is 8. The number of hydrogen-bond donors (Lipinski definition) is 2. The van der Waals surface area contributed by atoms with Gasteiger partial charge in [0.15, 0.2) is 5.79 Å². The molecule has 0 amide bonds. The van der Waals surface area contributed by atoms with Crippen molar-refractivity contribution < 1.29 is 34.0 Å². The monoisotopic (exact) mass is 412 g/mol. The number of thioether (sulfide) groups is 1. The van der Waals surface area contributed by atoms with Gasteiger partial charge in [-0.15, -0.1) is 0 Å². The molecule has 3 rings (SSSR count). The second-order valence-electron chi connectivity index (χ2n) is 7.73. The van der Waals surface area contributed by atoms with Gasteiger partial charge in [-0.25, -0.2) is 4.79 Å². The van der Waals surface area contributed by atoms with Crippen LogP contribution in [0.1, 0.15) is 27.2 Å². The molecule has 1 aromatic rings. The molecule has 2 saturated heterocycles. The van der Waals surface area contributed by atoms with E-state index in [0.29, 0.717) is 0 Å². The summed E-state index contributed by atoms with van der Waals surface area (Å²) in [6.07, 6.45) is -3.34. The maximum absolute atomic E-state index is 12.7. The quantitative estimate of drug-likeness (QED) is 0.709. The van der Waals surface area contributed by atoms with Crippen molar-refractivity contribution in [3.8, 4) is 0 Å². The third-order valence-electron chi connectivity index (χ3n) is 5.20. The number of methoxy groups -OCH3 is 1. The highest BCUT2D eigenvalue weighted by Gasteiger charge is 2.55. The zero-order valence-corrected chi connectivity index (χ0v) is 17.3. The molecule has 1 unspecified atom stereocenters. The van der Waals surface area contributed by atoms with Crippen LogP contribution in [0.15, 0.2) is 35.2 Å². The van der Waals surface area contributed by atoms with Gasteiger partial charge in [0.05, 0.1) is 25.9 Å². The number of esters is 1. The number of aliphatic hydroxyl groups is 2. The van der Waals surface area contributed by atoms with Crippen LogP contribution < -0.4 is 0 Å². The topological polar surface area (TPSA) is 94.5 Å². The maximum Gasteiger partial charge on any atom is 0.349 e. The van der Waals surface area contributed by atoms with Gasteiger partial charge in [-0.05, 0) is 26.0 Å². The van der Waals surface area contributed by atoms with Gasteiger partial charge in [0, 0.05) is 17.2 Å². The molecule has 8 heteroatoms. The Labute approximate surface area is 169 Å². The third-order valence-corrected chi connectivity index (χ3v) is 6.47. The predicted molar refractivity (Wildman–Crippen MR) is 103 cm³/mol. The summed E-state index contributed by atoms with van der Waals surface area (Å²) in [6.45, 7) is 5.52. The van der Waals surface area contributed by atoms with Gasteiger partial charge >= 0.3 is 5.97 Å². The van der Waals surface area contributed by atoms with Gasteiger partial charge in [-0.3, -0.25) is 0 Å². The predicted octanol–water partition coefficient (Wildman–Crippen LogP) is 1.95. The molecule has 0 saturated carbocycles. The van der Waals surface area contributed by atoms with Crippen LogP contribution in [0.2, 0.25) is 0 Å². The lowest BCUT2D eigenvalue weighted by Crippen LogP contribution is -2.59. The summed E-state index contributed by atoms with van der Waals surface area (Å²) >= 11 is 1.17. The van der Waals surface area contributed by atoms with Gasteiger partial charge in [0.25, 0.3) is 0 Å². The van der Waals surface area contributed by atoms with Crippen LogP contribution >= 0.6 is 11.8 Å². The molecule has 7 nitrogen and oxygen atoms in total. The Kier molecular flexibility index (Phi) is 6.38. The van der Waals surface area contributed by atoms with E-state index in [1.807, 2.05) is 30.3 Å². The maximum atomic E-state index is 12.7. The molecule has 0 bridgehead atoms. The van der Waals surface area contributed by atoms with Crippen LogP contribution in [0.5, 0.6) is 0 Å². The number of carbonyl (C=O) groups is 1. The lowest BCUT2D eigenvalue weighted by atomic mass is 9.85. The van der Waals surface area contributed by atoms with E-state index in [1.165, 1.54) is 18.9 Å². The zero-order chi connectivity index (χ0) is 20.5. The Hall–Kier alpha value is -1.16. The van der Waals surface area contributed by atoms with Crippen LogP contribution in [-0.4, -0.2) is 65.0 Å². The summed E-state index contributed by atoms with van der Waals surface area (Å²) in [5.41, 5.74) is 0. The molecule has 28 heavy (non-hydrogen) atoms. The lowest BCUT2D eigenvalue weighted by Gasteiger charge is -2.46. The number of aliphatic hydroxyl groups excluding tert-OH is 2. The summed E-state index contributed by atoms with van der Waals surface area (Å²) in [5, 5.41) is 21.7. The lowest BCUT2D eigenvalue weighted by molar-refractivity contribution is -0.219. The first-order valence-electron chi connectivity index (χ1n) is 9.36. The van der Waals surface area contributed by atoms with Gasteiger partial charge in [0.1, 0.15) is 12.2 Å². The molecule has 1 aromatic carbocycles. The molecule has 0 radical (unpaired) electrons. The Morgan fingerprint density at radius 1 is 1.29 bits per heavy atom. The fourth-order valence-corrected chi connectivity index (χ4v) is 4.86. The van der Waals surface area contributed by atoms with Crippen molar-refractivity contribution in [2.75, 3.05) is 13.7 Å². The summed E-state index contributed by atoms with van der Waals surface area (Å²) in [7, 11) is 1.28. The smallest absolute Gasteiger partial charge is 0.349 e. The van der Waals surface area contributed by atoms with E-state index in [4.69, 9.17) is 18.9 Å². The SMILES string of the molecule is COC(=O)[C@]1(Sc2ccccc2)C[C@@H](O)[C@@H](C)C([C@H](O)[C@H]2COC(C)(C)O2)O1. The van der Waals surface area contributed by atoms with E-state index in [0.717, 1.165) is 4.90 Å². The van der Waals surface area contributed by atoms with E-state index in [1.54, 1.807) is 20.8 Å². The molecule has 2 N–H and O–H groups in total. The molecule has 0 spiro atoms. The normalized spacial score (nSPS) is 36.1. The van der Waals surface area contributed by atoms with Crippen molar-refractivity contribution in [2.45, 2.75) is 67.2 Å². The largest absolute Gasteiger partial charge is 0.466 e. The second kappa shape index (κ2) is 8.30. The van der Waals surface area contributed by atoms with Gasteiger partial charge in [-0.2, -0.15) is 0 Å². The molecule has 2 heterocycles. The zero-order valence-electron chi connectivity index (χ0n) is 16.5. The number of carbonyl (C=O) groups excluding carboxylic acids is 1. The van der Waals surface area contributed by atoms with Crippen LogP contribution in [0.25, 0.3) is 0 Å². The first-order valence-corrected chi connectivity index (χ1v) is 10.2. The van der Waals surface area contributed by atoms with Gasteiger partial charge in [0.2, 0.25) is 4.93 Å².